The second-order valence-corrected chi connectivity index (χ2v) is 16.2. The molecule has 14 nitrogen and oxygen atoms in total. The molecule has 4 aromatic heterocycles. The van der Waals surface area contributed by atoms with Gasteiger partial charge in [-0.05, 0) is 78.8 Å². The molecule has 1 aliphatic heterocycles. The first-order chi connectivity index (χ1) is 25.5. The van der Waals surface area contributed by atoms with Crippen molar-refractivity contribution in [2.24, 2.45) is 0 Å². The van der Waals surface area contributed by atoms with Crippen LogP contribution in [-0.2, 0) is 42.0 Å². The van der Waals surface area contributed by atoms with Crippen LogP contribution in [0.25, 0.3) is 33.1 Å². The van der Waals surface area contributed by atoms with Gasteiger partial charge in [0.2, 0.25) is 5.95 Å². The number of pyridine rings is 2. The van der Waals surface area contributed by atoms with E-state index in [1.165, 1.54) is 3.97 Å². The average Bonchev–Trinajstić information content (AvgIpc) is 3.54. The maximum atomic E-state index is 14.4. The van der Waals surface area contributed by atoms with Gasteiger partial charge < -0.3 is 20.1 Å². The summed E-state index contributed by atoms with van der Waals surface area (Å²) in [5.74, 6) is 1.21. The van der Waals surface area contributed by atoms with Crippen molar-refractivity contribution in [2.45, 2.75) is 50.3 Å². The van der Waals surface area contributed by atoms with E-state index in [1.807, 2.05) is 30.3 Å². The van der Waals surface area contributed by atoms with E-state index in [2.05, 4.69) is 25.6 Å². The van der Waals surface area contributed by atoms with Crippen LogP contribution in [0.3, 0.4) is 0 Å². The van der Waals surface area contributed by atoms with Crippen LogP contribution in [0.15, 0.2) is 84.3 Å². The predicted octanol–water partition coefficient (Wildman–Crippen LogP) is 5.66. The molecule has 1 unspecified atom stereocenters. The zero-order valence-corrected chi connectivity index (χ0v) is 31.1. The van der Waals surface area contributed by atoms with Crippen LogP contribution in [0.4, 0.5) is 11.8 Å². The summed E-state index contributed by atoms with van der Waals surface area (Å²) in [4.78, 5) is 18.5. The Bertz CT molecular complexity index is 2520. The summed E-state index contributed by atoms with van der Waals surface area (Å²) in [6.07, 6.45) is 10.5. The Morgan fingerprint density at radius 1 is 0.981 bits per heavy atom. The standard InChI is InChI=1S/C37H39N7O7S2/c1-24-8-4-5-9-32(24)53(47,48)44-23-30(27-11-12-31-28(18-27)16-25(20-40-31)13-15-50-52(3,45)46)34-35(42-37(38-2)43-36(34)44)41-21-26-17-29(22-39-19-26)51-33-10-6-7-14-49-33/h4-5,8-9,11-12,16-20,22-23,33H,6-7,10,13-15,21H2,1-3H3,(H2,38,41,42,43). The molecule has 0 saturated carbocycles. The minimum absolute atomic E-state index is 0.0188. The molecule has 1 saturated heterocycles. The molecule has 0 aliphatic carbocycles. The number of fused-ring (bicyclic) bond motifs is 2. The summed E-state index contributed by atoms with van der Waals surface area (Å²) >= 11 is 0. The lowest BCUT2D eigenvalue weighted by Crippen LogP contribution is -2.25. The van der Waals surface area contributed by atoms with Crippen molar-refractivity contribution < 1.29 is 30.5 Å². The van der Waals surface area contributed by atoms with E-state index in [0.717, 1.165) is 42.0 Å². The smallest absolute Gasteiger partial charge is 0.269 e. The first kappa shape index (κ1) is 36.2. The van der Waals surface area contributed by atoms with Crippen LogP contribution in [0.5, 0.6) is 5.75 Å². The van der Waals surface area contributed by atoms with E-state index in [0.29, 0.717) is 58.7 Å². The number of rotatable bonds is 13. The van der Waals surface area contributed by atoms with E-state index >= 15 is 0 Å². The molecule has 16 heteroatoms. The Morgan fingerprint density at radius 3 is 2.60 bits per heavy atom. The van der Waals surface area contributed by atoms with Crippen LogP contribution in [-0.4, -0.2) is 73.6 Å². The minimum Gasteiger partial charge on any atom is -0.463 e. The van der Waals surface area contributed by atoms with Crippen molar-refractivity contribution in [1.82, 2.24) is 23.9 Å². The maximum absolute atomic E-state index is 14.4. The lowest BCUT2D eigenvalue weighted by Gasteiger charge is -2.23. The number of anilines is 2. The van der Waals surface area contributed by atoms with Gasteiger partial charge >= 0.3 is 0 Å². The van der Waals surface area contributed by atoms with E-state index < -0.39 is 20.1 Å². The summed E-state index contributed by atoms with van der Waals surface area (Å²) in [6.45, 7) is 2.69. The molecule has 2 N–H and O–H groups in total. The van der Waals surface area contributed by atoms with E-state index in [9.17, 15) is 16.8 Å². The third kappa shape index (κ3) is 8.10. The second-order valence-electron chi connectivity index (χ2n) is 12.8. The third-order valence-corrected chi connectivity index (χ3v) is 11.2. The summed E-state index contributed by atoms with van der Waals surface area (Å²) in [5.41, 5.74) is 4.34. The Labute approximate surface area is 307 Å². The third-order valence-electron chi connectivity index (χ3n) is 8.84. The normalized spacial score (nSPS) is 15.1. The van der Waals surface area contributed by atoms with Gasteiger partial charge in [0.1, 0.15) is 11.6 Å². The number of ether oxygens (including phenoxy) is 2. The molecule has 0 bridgehead atoms. The van der Waals surface area contributed by atoms with Crippen LogP contribution in [0, 0.1) is 6.92 Å². The van der Waals surface area contributed by atoms with Gasteiger partial charge in [-0.3, -0.25) is 14.2 Å². The fourth-order valence-corrected chi connectivity index (χ4v) is 8.18. The van der Waals surface area contributed by atoms with Gasteiger partial charge in [-0.25, -0.2) is 12.4 Å². The minimum atomic E-state index is -4.13. The van der Waals surface area contributed by atoms with Crippen LogP contribution in [0.1, 0.15) is 36.0 Å². The van der Waals surface area contributed by atoms with Crippen molar-refractivity contribution in [1.29, 1.82) is 0 Å². The molecule has 1 atom stereocenters. The first-order valence-corrected chi connectivity index (χ1v) is 20.4. The number of hydrogen-bond donors (Lipinski definition) is 2. The Morgan fingerprint density at radius 2 is 1.83 bits per heavy atom. The molecule has 6 aromatic rings. The molecule has 7 rings (SSSR count). The average molecular weight is 758 g/mol. The van der Waals surface area contributed by atoms with Gasteiger partial charge in [-0.2, -0.15) is 18.4 Å². The fraction of sp³-hybridized carbons (Fsp3) is 0.297. The van der Waals surface area contributed by atoms with Crippen LogP contribution >= 0.6 is 0 Å². The van der Waals surface area contributed by atoms with Gasteiger partial charge in [0.15, 0.2) is 11.9 Å². The van der Waals surface area contributed by atoms with Gasteiger partial charge in [-0.15, -0.1) is 0 Å². The summed E-state index contributed by atoms with van der Waals surface area (Å²) in [5, 5.41) is 7.65. The summed E-state index contributed by atoms with van der Waals surface area (Å²) < 4.78 is 69.7. The molecule has 1 aliphatic rings. The highest BCUT2D eigenvalue weighted by Gasteiger charge is 2.27. The van der Waals surface area contributed by atoms with Crippen molar-refractivity contribution in [3.05, 3.63) is 96.1 Å². The lowest BCUT2D eigenvalue weighted by atomic mass is 10.0. The van der Waals surface area contributed by atoms with Crippen molar-refractivity contribution in [3.63, 3.8) is 0 Å². The quantitative estimate of drug-likeness (QED) is 0.138. The number of nitrogens with one attached hydrogen (secondary N) is 2. The highest BCUT2D eigenvalue weighted by atomic mass is 32.2. The number of benzene rings is 2. The van der Waals surface area contributed by atoms with Crippen LogP contribution < -0.4 is 15.4 Å². The molecule has 1 fully saturated rings. The highest BCUT2D eigenvalue weighted by Crippen LogP contribution is 2.38. The monoisotopic (exact) mass is 757 g/mol. The number of hydrogen-bond acceptors (Lipinski definition) is 13. The van der Waals surface area contributed by atoms with Crippen molar-refractivity contribution >= 4 is 53.8 Å². The second kappa shape index (κ2) is 15.1. The summed E-state index contributed by atoms with van der Waals surface area (Å²) in [6, 6.07) is 16.2. The SMILES string of the molecule is CNc1nc(NCc2cncc(OC3CCCCO3)c2)c2c(-c3ccc4ncc(CCOS(C)(=O)=O)cc4c3)cn(S(=O)(=O)c3ccccc3C)c2n1. The summed E-state index contributed by atoms with van der Waals surface area (Å²) in [7, 11) is -6.04. The molecule has 0 spiro atoms. The largest absolute Gasteiger partial charge is 0.463 e. The number of aryl methyl sites for hydroxylation is 1. The Hall–Kier alpha value is -5.16. The topological polar surface area (TPSA) is 177 Å². The Kier molecular flexibility index (Phi) is 10.3. The first-order valence-electron chi connectivity index (χ1n) is 17.1. The Balaban J connectivity index is 1.32. The molecule has 2 aromatic carbocycles. The van der Waals surface area contributed by atoms with E-state index in [1.54, 1.807) is 63.0 Å². The van der Waals surface area contributed by atoms with Gasteiger partial charge in [-0.1, -0.05) is 24.3 Å². The molecule has 0 amide bonds. The zero-order chi connectivity index (χ0) is 37.2. The van der Waals surface area contributed by atoms with E-state index in [-0.39, 0.29) is 29.4 Å². The molecular formula is C37H39N7O7S2. The number of aromatic nitrogens is 5. The molecule has 5 heterocycles. The van der Waals surface area contributed by atoms with Gasteiger partial charge in [0, 0.05) is 49.6 Å². The number of nitrogens with zero attached hydrogens (tertiary/aromatic N) is 5. The maximum Gasteiger partial charge on any atom is 0.269 e. The fourth-order valence-electron chi connectivity index (χ4n) is 6.25. The predicted molar refractivity (Wildman–Crippen MR) is 202 cm³/mol. The molecule has 276 valence electrons. The molecule has 0 radical (unpaired) electrons. The highest BCUT2D eigenvalue weighted by molar-refractivity contribution is 7.90. The van der Waals surface area contributed by atoms with Gasteiger partial charge in [0.05, 0.1) is 41.5 Å². The zero-order valence-electron chi connectivity index (χ0n) is 29.4. The van der Waals surface area contributed by atoms with Gasteiger partial charge in [0.25, 0.3) is 20.1 Å². The van der Waals surface area contributed by atoms with Crippen molar-refractivity contribution in [3.8, 4) is 16.9 Å². The molecule has 53 heavy (non-hydrogen) atoms. The van der Waals surface area contributed by atoms with E-state index in [4.69, 9.17) is 18.6 Å². The van der Waals surface area contributed by atoms with Crippen LogP contribution in [0.2, 0.25) is 0 Å². The molecular weight excluding hydrogens is 719 g/mol. The lowest BCUT2D eigenvalue weighted by molar-refractivity contribution is -0.106. The van der Waals surface area contributed by atoms with Crippen molar-refractivity contribution in [2.75, 3.05) is 37.2 Å².